The maximum atomic E-state index is 10.6. The van der Waals surface area contributed by atoms with E-state index in [1.165, 1.54) is 0 Å². The molecule has 0 aromatic heterocycles. The molecule has 0 amide bonds. The van der Waals surface area contributed by atoms with Gasteiger partial charge in [-0.15, -0.1) is 0 Å². The van der Waals surface area contributed by atoms with E-state index in [0.717, 1.165) is 4.90 Å². The quantitative estimate of drug-likeness (QED) is 0.571. The summed E-state index contributed by atoms with van der Waals surface area (Å²) in [5.74, 6) is -1.07. The Morgan fingerprint density at radius 2 is 2.08 bits per heavy atom. The van der Waals surface area contributed by atoms with Crippen molar-refractivity contribution in [2.45, 2.75) is 9.33 Å². The maximum absolute atomic E-state index is 10.6. The summed E-state index contributed by atoms with van der Waals surface area (Å²) >= 11 is -0.859. The molecule has 0 fully saturated rings. The molecule has 0 saturated carbocycles. The fraction of sp³-hybridized carbons (Fsp3) is 0.125. The second-order valence-electron chi connectivity index (χ2n) is 2.22. The van der Waals surface area contributed by atoms with Crippen molar-refractivity contribution < 1.29 is 62.5 Å². The van der Waals surface area contributed by atoms with Gasteiger partial charge in [0.25, 0.3) is 0 Å². The average molecular weight is 391 g/mol. The van der Waals surface area contributed by atoms with Gasteiger partial charge in [0.05, 0.1) is 0 Å². The first-order valence-electron chi connectivity index (χ1n) is 3.69. The van der Waals surface area contributed by atoms with E-state index in [4.69, 9.17) is 0 Å². The van der Waals surface area contributed by atoms with E-state index < -0.39 is 29.0 Å². The normalized spacial score (nSPS) is 8.38. The van der Waals surface area contributed by atoms with Gasteiger partial charge in [-0.1, -0.05) is 0 Å². The van der Waals surface area contributed by atoms with E-state index >= 15 is 0 Å². The number of carbonyl (C=O) groups excluding carboxylic acids is 1. The molecule has 0 aliphatic rings. The van der Waals surface area contributed by atoms with E-state index in [0.29, 0.717) is 5.56 Å². The number of aromatic carboxylic acids is 1. The molecule has 0 radical (unpaired) electrons. The number of carboxylic acid groups (broad SMARTS) is 1. The fourth-order valence-electron chi connectivity index (χ4n) is 0.917. The number of carbonyl (C=O) groups is 1. The van der Waals surface area contributed by atoms with Gasteiger partial charge in [-0.2, -0.15) is 0 Å². The molecule has 0 saturated heterocycles. The van der Waals surface area contributed by atoms with Gasteiger partial charge >= 0.3 is 116 Å². The summed E-state index contributed by atoms with van der Waals surface area (Å²) in [7, 11) is 1.73. The fourth-order valence-corrected chi connectivity index (χ4v) is 8.27. The standard InChI is InChI=1S/C7H6O2S.CH3.Hg.Na/c8-7(9)5-3-1-2-4-6(5)10;;;/h1-4,10H,(H,8,9);1H3;;/q;;2*+1/p-2. The Labute approximate surface area is 114 Å². The first-order chi connectivity index (χ1) is 5.75. The zero-order valence-electron chi connectivity index (χ0n) is 7.74. The molecular weight excluding hydrogens is 384 g/mol. The Morgan fingerprint density at radius 1 is 1.46 bits per heavy atom. The number of rotatable bonds is 3. The SMILES string of the molecule is [CH3][Hg][S]c1ccccc1C(=O)[O-].[Na+]. The van der Waals surface area contributed by atoms with Crippen molar-refractivity contribution in [1.82, 2.24) is 0 Å². The number of benzene rings is 1. The molecule has 0 bridgehead atoms. The first kappa shape index (κ1) is 14.0. The largest absolute Gasteiger partial charge is 1.00 e. The Balaban J connectivity index is 0.00000144. The molecule has 60 valence electrons. The van der Waals surface area contributed by atoms with Crippen LogP contribution in [-0.2, 0) is 23.1 Å². The van der Waals surface area contributed by atoms with Crippen LogP contribution in [0.1, 0.15) is 10.4 Å². The molecule has 0 aliphatic carbocycles. The van der Waals surface area contributed by atoms with Gasteiger partial charge in [0, 0.05) is 0 Å². The molecule has 0 heterocycles. The van der Waals surface area contributed by atoms with Crippen molar-refractivity contribution >= 4 is 14.2 Å². The summed E-state index contributed by atoms with van der Waals surface area (Å²) in [6.07, 6.45) is 0. The van der Waals surface area contributed by atoms with Crippen LogP contribution < -0.4 is 34.7 Å². The Bertz CT molecular complexity index is 293. The molecule has 5 heteroatoms. The molecule has 2 nitrogen and oxygen atoms in total. The molecular formula is C8H7HgNaO2S. The number of carboxylic acids is 1. The van der Waals surface area contributed by atoms with Crippen LogP contribution in [0.25, 0.3) is 0 Å². The molecule has 0 aliphatic heterocycles. The van der Waals surface area contributed by atoms with Crippen molar-refractivity contribution in [3.05, 3.63) is 29.8 Å². The molecule has 1 aromatic rings. The summed E-state index contributed by atoms with van der Waals surface area (Å²) in [5.41, 5.74) is 0.337. The van der Waals surface area contributed by atoms with E-state index in [9.17, 15) is 9.90 Å². The minimum Gasteiger partial charge on any atom is 1.00 e. The van der Waals surface area contributed by atoms with Crippen molar-refractivity contribution in [2.24, 2.45) is 0 Å². The Kier molecular flexibility index (Phi) is 7.84. The number of hydrogen-bond donors (Lipinski definition) is 0. The second-order valence-corrected chi connectivity index (χ2v) is 13.6. The van der Waals surface area contributed by atoms with Gasteiger partial charge in [0.2, 0.25) is 0 Å². The minimum atomic E-state index is -1.07. The summed E-state index contributed by atoms with van der Waals surface area (Å²) in [6.45, 7) is 0. The second kappa shape index (κ2) is 7.29. The van der Waals surface area contributed by atoms with Gasteiger partial charge < -0.3 is 0 Å². The van der Waals surface area contributed by atoms with Crippen LogP contribution in [0.5, 0.6) is 0 Å². The predicted octanol–water partition coefficient (Wildman–Crippen LogP) is -1.81. The van der Waals surface area contributed by atoms with Crippen molar-refractivity contribution in [3.8, 4) is 0 Å². The topological polar surface area (TPSA) is 40.1 Å². The molecule has 0 N–H and O–H groups in total. The molecule has 0 unspecified atom stereocenters. The summed E-state index contributed by atoms with van der Waals surface area (Å²) in [5, 5.41) is 10.6. The van der Waals surface area contributed by atoms with Gasteiger partial charge in [-0.3, -0.25) is 0 Å². The van der Waals surface area contributed by atoms with Crippen LogP contribution in [0.2, 0.25) is 4.43 Å². The Morgan fingerprint density at radius 3 is 2.62 bits per heavy atom. The average Bonchev–Trinajstić information content (AvgIpc) is 2.05. The minimum absolute atomic E-state index is 0. The van der Waals surface area contributed by atoms with Crippen LogP contribution in [0.15, 0.2) is 29.2 Å². The third-order valence-electron chi connectivity index (χ3n) is 1.41. The number of hydrogen-bond acceptors (Lipinski definition) is 3. The van der Waals surface area contributed by atoms with E-state index in [2.05, 4.69) is 4.43 Å². The third kappa shape index (κ3) is 4.34. The van der Waals surface area contributed by atoms with Crippen molar-refractivity contribution in [1.29, 1.82) is 0 Å². The van der Waals surface area contributed by atoms with Crippen LogP contribution in [-0.4, -0.2) is 5.97 Å². The van der Waals surface area contributed by atoms with E-state index in [1.54, 1.807) is 20.4 Å². The van der Waals surface area contributed by atoms with Crippen molar-refractivity contribution in [2.75, 3.05) is 0 Å². The smallest absolute Gasteiger partial charge is 1.00 e. The van der Waals surface area contributed by atoms with Gasteiger partial charge in [-0.05, 0) is 0 Å². The van der Waals surface area contributed by atoms with Crippen LogP contribution in [0.3, 0.4) is 0 Å². The molecule has 0 spiro atoms. The molecule has 1 rings (SSSR count). The van der Waals surface area contributed by atoms with Crippen molar-refractivity contribution in [3.63, 3.8) is 0 Å². The van der Waals surface area contributed by atoms with Gasteiger partial charge in [0.1, 0.15) is 0 Å². The molecule has 1 aromatic carbocycles. The molecule has 13 heavy (non-hydrogen) atoms. The van der Waals surface area contributed by atoms with E-state index in [1.807, 2.05) is 12.1 Å². The molecule has 0 atom stereocenters. The summed E-state index contributed by atoms with van der Waals surface area (Å²) < 4.78 is 2.21. The third-order valence-corrected chi connectivity index (χ3v) is 9.36. The van der Waals surface area contributed by atoms with Crippen LogP contribution in [0, 0.1) is 0 Å². The summed E-state index contributed by atoms with van der Waals surface area (Å²) in [4.78, 5) is 11.5. The predicted molar refractivity (Wildman–Crippen MR) is 42.5 cm³/mol. The zero-order valence-corrected chi connectivity index (χ0v) is 16.1. The van der Waals surface area contributed by atoms with Crippen LogP contribution >= 0.6 is 8.24 Å². The first-order valence-corrected chi connectivity index (χ1v) is 16.9. The van der Waals surface area contributed by atoms with Gasteiger partial charge in [0.15, 0.2) is 0 Å². The van der Waals surface area contributed by atoms with E-state index in [-0.39, 0.29) is 29.6 Å². The summed E-state index contributed by atoms with van der Waals surface area (Å²) in [6, 6.07) is 7.03. The monoisotopic (exact) mass is 392 g/mol. The Hall–Kier alpha value is 0.975. The maximum Gasteiger partial charge on any atom is 1.00 e. The van der Waals surface area contributed by atoms with Crippen LogP contribution in [0.4, 0.5) is 0 Å². The van der Waals surface area contributed by atoms with Gasteiger partial charge in [-0.25, -0.2) is 0 Å². The zero-order chi connectivity index (χ0) is 8.97.